The van der Waals surface area contributed by atoms with E-state index in [1.807, 2.05) is 50.3 Å². The number of amides is 1. The second kappa shape index (κ2) is 3.54. The SMILES string of the molecule is CC1(C)C(=O)NC1/C=C/c1ccccc1. The maximum atomic E-state index is 11.2. The highest BCUT2D eigenvalue weighted by molar-refractivity contribution is 5.90. The Bertz CT molecular complexity index is 392. The molecule has 0 aromatic heterocycles. The fraction of sp³-hybridized carbons (Fsp3) is 0.308. The average molecular weight is 201 g/mol. The molecule has 1 N–H and O–H groups in total. The van der Waals surface area contributed by atoms with Gasteiger partial charge in [0.1, 0.15) is 0 Å². The summed E-state index contributed by atoms with van der Waals surface area (Å²) < 4.78 is 0. The molecule has 15 heavy (non-hydrogen) atoms. The van der Waals surface area contributed by atoms with Crippen molar-refractivity contribution in [2.75, 3.05) is 0 Å². The molecule has 78 valence electrons. The van der Waals surface area contributed by atoms with Gasteiger partial charge in [-0.05, 0) is 19.4 Å². The fourth-order valence-corrected chi connectivity index (χ4v) is 1.63. The van der Waals surface area contributed by atoms with Crippen LogP contribution in [0, 0.1) is 5.41 Å². The van der Waals surface area contributed by atoms with Crippen LogP contribution in [0.2, 0.25) is 0 Å². The first kappa shape index (κ1) is 9.97. The molecule has 1 aliphatic heterocycles. The highest BCUT2D eigenvalue weighted by atomic mass is 16.2. The molecule has 2 nitrogen and oxygen atoms in total. The number of benzene rings is 1. The lowest BCUT2D eigenvalue weighted by Crippen LogP contribution is -2.63. The standard InChI is InChI=1S/C13H15NO/c1-13(2)11(14-12(13)15)9-8-10-6-4-3-5-7-10/h3-9,11H,1-2H3,(H,14,15)/b9-8+. The number of rotatable bonds is 2. The minimum Gasteiger partial charge on any atom is -0.348 e. The van der Waals surface area contributed by atoms with E-state index in [0.29, 0.717) is 0 Å². The largest absolute Gasteiger partial charge is 0.348 e. The topological polar surface area (TPSA) is 29.1 Å². The van der Waals surface area contributed by atoms with Crippen molar-refractivity contribution in [2.45, 2.75) is 19.9 Å². The minimum atomic E-state index is -0.259. The first-order chi connectivity index (χ1) is 7.10. The first-order valence-electron chi connectivity index (χ1n) is 5.15. The molecule has 1 amide bonds. The number of hydrogen-bond donors (Lipinski definition) is 1. The summed E-state index contributed by atoms with van der Waals surface area (Å²) in [5, 5.41) is 2.88. The van der Waals surface area contributed by atoms with Crippen LogP contribution in [0.15, 0.2) is 36.4 Å². The van der Waals surface area contributed by atoms with Gasteiger partial charge in [-0.3, -0.25) is 4.79 Å². The molecule has 2 heteroatoms. The van der Waals surface area contributed by atoms with Crippen LogP contribution < -0.4 is 5.32 Å². The van der Waals surface area contributed by atoms with Crippen molar-refractivity contribution < 1.29 is 4.79 Å². The Balaban J connectivity index is 2.05. The summed E-state index contributed by atoms with van der Waals surface area (Å²) >= 11 is 0. The van der Waals surface area contributed by atoms with Crippen molar-refractivity contribution >= 4 is 12.0 Å². The number of carbonyl (C=O) groups is 1. The zero-order valence-electron chi connectivity index (χ0n) is 9.03. The number of β-lactam (4-membered cyclic amide) rings is 1. The summed E-state index contributed by atoms with van der Waals surface area (Å²) in [6, 6.07) is 10.2. The van der Waals surface area contributed by atoms with Gasteiger partial charge in [0.2, 0.25) is 5.91 Å². The van der Waals surface area contributed by atoms with E-state index < -0.39 is 0 Å². The molecular formula is C13H15NO. The normalized spacial score (nSPS) is 23.6. The fourth-order valence-electron chi connectivity index (χ4n) is 1.63. The molecule has 2 rings (SSSR count). The number of hydrogen-bond acceptors (Lipinski definition) is 1. The second-order valence-electron chi connectivity index (χ2n) is 4.44. The quantitative estimate of drug-likeness (QED) is 0.730. The van der Waals surface area contributed by atoms with Crippen LogP contribution in [0.25, 0.3) is 6.08 Å². The molecule has 1 aromatic rings. The van der Waals surface area contributed by atoms with Gasteiger partial charge in [-0.15, -0.1) is 0 Å². The molecule has 0 aliphatic carbocycles. The van der Waals surface area contributed by atoms with Crippen molar-refractivity contribution in [1.82, 2.24) is 5.32 Å². The van der Waals surface area contributed by atoms with Gasteiger partial charge in [-0.2, -0.15) is 0 Å². The lowest BCUT2D eigenvalue weighted by Gasteiger charge is -2.42. The molecule has 0 saturated carbocycles. The maximum Gasteiger partial charge on any atom is 0.228 e. The van der Waals surface area contributed by atoms with Crippen LogP contribution in [-0.2, 0) is 4.79 Å². The third kappa shape index (κ3) is 1.80. The summed E-state index contributed by atoms with van der Waals surface area (Å²) in [7, 11) is 0. The van der Waals surface area contributed by atoms with Crippen molar-refractivity contribution in [3.63, 3.8) is 0 Å². The smallest absolute Gasteiger partial charge is 0.228 e. The highest BCUT2D eigenvalue weighted by Gasteiger charge is 2.45. The monoisotopic (exact) mass is 201 g/mol. The lowest BCUT2D eigenvalue weighted by atomic mass is 9.76. The molecule has 0 bridgehead atoms. The van der Waals surface area contributed by atoms with E-state index in [2.05, 4.69) is 11.4 Å². The third-order valence-electron chi connectivity index (χ3n) is 2.93. The van der Waals surface area contributed by atoms with Crippen molar-refractivity contribution in [3.05, 3.63) is 42.0 Å². The average Bonchev–Trinajstić information content (AvgIpc) is 2.25. The molecule has 1 unspecified atom stereocenters. The molecule has 1 atom stereocenters. The van der Waals surface area contributed by atoms with E-state index >= 15 is 0 Å². The van der Waals surface area contributed by atoms with Gasteiger partial charge >= 0.3 is 0 Å². The van der Waals surface area contributed by atoms with Gasteiger partial charge in [0.25, 0.3) is 0 Å². The van der Waals surface area contributed by atoms with Gasteiger partial charge < -0.3 is 5.32 Å². The van der Waals surface area contributed by atoms with E-state index in [1.54, 1.807) is 0 Å². The van der Waals surface area contributed by atoms with E-state index in [0.717, 1.165) is 5.56 Å². The van der Waals surface area contributed by atoms with Crippen LogP contribution in [0.3, 0.4) is 0 Å². The summed E-state index contributed by atoms with van der Waals surface area (Å²) in [6.45, 7) is 3.93. The molecule has 1 heterocycles. The maximum absolute atomic E-state index is 11.2. The summed E-state index contributed by atoms with van der Waals surface area (Å²) in [4.78, 5) is 11.2. The summed E-state index contributed by atoms with van der Waals surface area (Å²) in [6.07, 6.45) is 4.10. The second-order valence-corrected chi connectivity index (χ2v) is 4.44. The van der Waals surface area contributed by atoms with Crippen LogP contribution in [0.1, 0.15) is 19.4 Å². The molecule has 1 saturated heterocycles. The Morgan fingerprint density at radius 1 is 1.27 bits per heavy atom. The Kier molecular flexibility index (Phi) is 2.35. The molecule has 1 aliphatic rings. The van der Waals surface area contributed by atoms with Crippen LogP contribution in [0.5, 0.6) is 0 Å². The minimum absolute atomic E-state index is 0.130. The first-order valence-corrected chi connectivity index (χ1v) is 5.15. The molecular weight excluding hydrogens is 186 g/mol. The van der Waals surface area contributed by atoms with Crippen molar-refractivity contribution in [2.24, 2.45) is 5.41 Å². The van der Waals surface area contributed by atoms with Crippen LogP contribution in [0.4, 0.5) is 0 Å². The highest BCUT2D eigenvalue weighted by Crippen LogP contribution is 2.30. The van der Waals surface area contributed by atoms with E-state index in [-0.39, 0.29) is 17.4 Å². The predicted octanol–water partition coefficient (Wildman–Crippen LogP) is 2.22. The Morgan fingerprint density at radius 2 is 1.93 bits per heavy atom. The van der Waals surface area contributed by atoms with Crippen LogP contribution in [-0.4, -0.2) is 11.9 Å². The van der Waals surface area contributed by atoms with E-state index in [4.69, 9.17) is 0 Å². The Hall–Kier alpha value is -1.57. The number of nitrogens with one attached hydrogen (secondary N) is 1. The predicted molar refractivity (Wildman–Crippen MR) is 61.2 cm³/mol. The molecule has 0 radical (unpaired) electrons. The van der Waals surface area contributed by atoms with Crippen molar-refractivity contribution in [1.29, 1.82) is 0 Å². The van der Waals surface area contributed by atoms with E-state index in [1.165, 1.54) is 0 Å². The van der Waals surface area contributed by atoms with Gasteiger partial charge in [-0.1, -0.05) is 42.5 Å². The summed E-state index contributed by atoms with van der Waals surface area (Å²) in [5.41, 5.74) is 0.903. The third-order valence-corrected chi connectivity index (χ3v) is 2.93. The zero-order valence-corrected chi connectivity index (χ0v) is 9.03. The van der Waals surface area contributed by atoms with Gasteiger partial charge in [0.15, 0.2) is 0 Å². The molecule has 1 fully saturated rings. The summed E-state index contributed by atoms with van der Waals surface area (Å²) in [5.74, 6) is 0.130. The molecule has 0 spiro atoms. The van der Waals surface area contributed by atoms with Gasteiger partial charge in [0, 0.05) is 0 Å². The Morgan fingerprint density at radius 3 is 2.47 bits per heavy atom. The zero-order chi connectivity index (χ0) is 10.9. The molecule has 1 aromatic carbocycles. The van der Waals surface area contributed by atoms with E-state index in [9.17, 15) is 4.79 Å². The lowest BCUT2D eigenvalue weighted by molar-refractivity contribution is -0.140. The Labute approximate surface area is 90.0 Å². The van der Waals surface area contributed by atoms with Crippen molar-refractivity contribution in [3.8, 4) is 0 Å². The van der Waals surface area contributed by atoms with Gasteiger partial charge in [0.05, 0.1) is 11.5 Å². The van der Waals surface area contributed by atoms with Crippen LogP contribution >= 0.6 is 0 Å². The number of carbonyl (C=O) groups excluding carboxylic acids is 1. The van der Waals surface area contributed by atoms with Gasteiger partial charge in [-0.25, -0.2) is 0 Å².